The summed E-state index contributed by atoms with van der Waals surface area (Å²) in [7, 11) is 0. The van der Waals surface area contributed by atoms with Gasteiger partial charge in [-0.1, -0.05) is 19.3 Å². The highest BCUT2D eigenvalue weighted by molar-refractivity contribution is 5.09. The van der Waals surface area contributed by atoms with Crippen LogP contribution in [0.15, 0.2) is 0 Å². The molecule has 2 fully saturated rings. The van der Waals surface area contributed by atoms with Crippen LogP contribution in [0.1, 0.15) is 44.9 Å². The molecule has 1 aliphatic heterocycles. The number of ether oxygens (including phenoxy) is 1. The standard InChI is InChI=1S/C12H20N2O/c13-9-12(7-4-8-15-10-12)14-11-5-2-1-3-6-11/h11,14H,1-8,10H2. The van der Waals surface area contributed by atoms with E-state index in [0.717, 1.165) is 19.4 Å². The topological polar surface area (TPSA) is 45.0 Å². The van der Waals surface area contributed by atoms with Crippen molar-refractivity contribution in [1.29, 1.82) is 5.26 Å². The average Bonchev–Trinajstić information content (AvgIpc) is 2.32. The van der Waals surface area contributed by atoms with Gasteiger partial charge >= 0.3 is 0 Å². The Morgan fingerprint density at radius 2 is 2.00 bits per heavy atom. The maximum atomic E-state index is 9.28. The van der Waals surface area contributed by atoms with Gasteiger partial charge in [0.05, 0.1) is 12.7 Å². The fourth-order valence-corrected chi connectivity index (χ4v) is 2.67. The molecule has 3 heteroatoms. The molecule has 0 radical (unpaired) electrons. The first kappa shape index (κ1) is 10.9. The van der Waals surface area contributed by atoms with Crippen LogP contribution in [0.3, 0.4) is 0 Å². The lowest BCUT2D eigenvalue weighted by molar-refractivity contribution is 0.0369. The predicted molar refractivity (Wildman–Crippen MR) is 58.4 cm³/mol. The van der Waals surface area contributed by atoms with Gasteiger partial charge in [-0.25, -0.2) is 0 Å². The Morgan fingerprint density at radius 1 is 1.20 bits per heavy atom. The lowest BCUT2D eigenvalue weighted by Gasteiger charge is -2.36. The van der Waals surface area contributed by atoms with E-state index in [-0.39, 0.29) is 5.54 Å². The number of rotatable bonds is 2. The molecule has 0 aromatic carbocycles. The van der Waals surface area contributed by atoms with Crippen LogP contribution in [-0.2, 0) is 4.74 Å². The number of hydrogen-bond acceptors (Lipinski definition) is 3. The van der Waals surface area contributed by atoms with Gasteiger partial charge in [0.2, 0.25) is 0 Å². The molecule has 2 rings (SSSR count). The van der Waals surface area contributed by atoms with Gasteiger partial charge in [-0.15, -0.1) is 0 Å². The molecule has 2 aliphatic rings. The van der Waals surface area contributed by atoms with Crippen molar-refractivity contribution in [3.8, 4) is 6.07 Å². The van der Waals surface area contributed by atoms with Crippen LogP contribution in [0.2, 0.25) is 0 Å². The molecule has 1 saturated heterocycles. The van der Waals surface area contributed by atoms with E-state index in [1.807, 2.05) is 0 Å². The van der Waals surface area contributed by atoms with E-state index in [9.17, 15) is 5.26 Å². The number of hydrogen-bond donors (Lipinski definition) is 1. The molecule has 0 aromatic rings. The van der Waals surface area contributed by atoms with Crippen molar-refractivity contribution in [2.24, 2.45) is 0 Å². The lowest BCUT2D eigenvalue weighted by Crippen LogP contribution is -2.54. The van der Waals surface area contributed by atoms with Crippen molar-refractivity contribution in [3.63, 3.8) is 0 Å². The maximum Gasteiger partial charge on any atom is 0.130 e. The zero-order chi connectivity index (χ0) is 10.6. The Bertz CT molecular complexity index is 234. The summed E-state index contributed by atoms with van der Waals surface area (Å²) < 4.78 is 5.43. The second kappa shape index (κ2) is 4.96. The minimum absolute atomic E-state index is 0.389. The summed E-state index contributed by atoms with van der Waals surface area (Å²) >= 11 is 0. The van der Waals surface area contributed by atoms with E-state index in [1.165, 1.54) is 32.1 Å². The first-order valence-electron chi connectivity index (χ1n) is 6.11. The van der Waals surface area contributed by atoms with Crippen molar-refractivity contribution in [1.82, 2.24) is 5.32 Å². The van der Waals surface area contributed by atoms with Crippen LogP contribution in [0.5, 0.6) is 0 Å². The molecule has 84 valence electrons. The molecule has 1 heterocycles. The van der Waals surface area contributed by atoms with Gasteiger partial charge in [0.25, 0.3) is 0 Å². The van der Waals surface area contributed by atoms with Gasteiger partial charge in [0.15, 0.2) is 0 Å². The Morgan fingerprint density at radius 3 is 2.60 bits per heavy atom. The van der Waals surface area contributed by atoms with E-state index in [1.54, 1.807) is 0 Å². The zero-order valence-electron chi connectivity index (χ0n) is 9.30. The maximum absolute atomic E-state index is 9.28. The third kappa shape index (κ3) is 2.70. The Kier molecular flexibility index (Phi) is 3.61. The quantitative estimate of drug-likeness (QED) is 0.754. The Hall–Kier alpha value is -0.590. The average molecular weight is 208 g/mol. The second-order valence-corrected chi connectivity index (χ2v) is 4.83. The van der Waals surface area contributed by atoms with Crippen LogP contribution < -0.4 is 5.32 Å². The molecule has 1 saturated carbocycles. The predicted octanol–water partition coefficient (Wildman–Crippen LogP) is 1.98. The molecule has 0 bridgehead atoms. The molecular weight excluding hydrogens is 188 g/mol. The summed E-state index contributed by atoms with van der Waals surface area (Å²) in [6, 6.07) is 2.97. The van der Waals surface area contributed by atoms with Gasteiger partial charge in [-0.3, -0.25) is 5.32 Å². The van der Waals surface area contributed by atoms with Crippen molar-refractivity contribution in [2.75, 3.05) is 13.2 Å². The van der Waals surface area contributed by atoms with E-state index < -0.39 is 0 Å². The summed E-state index contributed by atoms with van der Waals surface area (Å²) in [6.07, 6.45) is 8.37. The highest BCUT2D eigenvalue weighted by Crippen LogP contribution is 2.24. The molecule has 0 amide bonds. The summed E-state index contributed by atoms with van der Waals surface area (Å²) in [5, 5.41) is 12.8. The first-order chi connectivity index (χ1) is 7.35. The second-order valence-electron chi connectivity index (χ2n) is 4.83. The van der Waals surface area contributed by atoms with Crippen LogP contribution in [0.4, 0.5) is 0 Å². The highest BCUT2D eigenvalue weighted by Gasteiger charge is 2.35. The van der Waals surface area contributed by atoms with E-state index in [0.29, 0.717) is 12.6 Å². The van der Waals surface area contributed by atoms with Crippen molar-refractivity contribution in [2.45, 2.75) is 56.5 Å². The summed E-state index contributed by atoms with van der Waals surface area (Å²) in [5.74, 6) is 0. The fraction of sp³-hybridized carbons (Fsp3) is 0.917. The smallest absolute Gasteiger partial charge is 0.130 e. The summed E-state index contributed by atoms with van der Waals surface area (Å²) in [5.41, 5.74) is -0.389. The molecular formula is C12H20N2O. The van der Waals surface area contributed by atoms with Crippen molar-refractivity contribution in [3.05, 3.63) is 0 Å². The van der Waals surface area contributed by atoms with Crippen LogP contribution in [0, 0.1) is 11.3 Å². The van der Waals surface area contributed by atoms with Gasteiger partial charge in [-0.2, -0.15) is 5.26 Å². The highest BCUT2D eigenvalue weighted by atomic mass is 16.5. The van der Waals surface area contributed by atoms with Gasteiger partial charge in [-0.05, 0) is 25.7 Å². The van der Waals surface area contributed by atoms with E-state index >= 15 is 0 Å². The van der Waals surface area contributed by atoms with Gasteiger partial charge < -0.3 is 4.74 Å². The van der Waals surface area contributed by atoms with Gasteiger partial charge in [0, 0.05) is 12.6 Å². The lowest BCUT2D eigenvalue weighted by atomic mass is 9.89. The monoisotopic (exact) mass is 208 g/mol. The summed E-state index contributed by atoms with van der Waals surface area (Å²) in [6.45, 7) is 1.38. The van der Waals surface area contributed by atoms with E-state index in [4.69, 9.17) is 4.74 Å². The largest absolute Gasteiger partial charge is 0.378 e. The zero-order valence-corrected chi connectivity index (χ0v) is 9.30. The number of nitrogens with zero attached hydrogens (tertiary/aromatic N) is 1. The molecule has 0 spiro atoms. The van der Waals surface area contributed by atoms with Crippen LogP contribution in [0.25, 0.3) is 0 Å². The normalized spacial score (nSPS) is 33.5. The van der Waals surface area contributed by atoms with Crippen molar-refractivity contribution < 1.29 is 4.74 Å². The third-order valence-corrected chi connectivity index (χ3v) is 3.54. The molecule has 1 aliphatic carbocycles. The fourth-order valence-electron chi connectivity index (χ4n) is 2.67. The molecule has 15 heavy (non-hydrogen) atoms. The minimum atomic E-state index is -0.389. The minimum Gasteiger partial charge on any atom is -0.378 e. The molecule has 1 N–H and O–H groups in total. The Labute approximate surface area is 91.8 Å². The molecule has 0 aromatic heterocycles. The molecule has 3 nitrogen and oxygen atoms in total. The van der Waals surface area contributed by atoms with Gasteiger partial charge in [0.1, 0.15) is 5.54 Å². The van der Waals surface area contributed by atoms with Crippen LogP contribution >= 0.6 is 0 Å². The molecule has 1 atom stereocenters. The van der Waals surface area contributed by atoms with Crippen molar-refractivity contribution >= 4 is 0 Å². The Balaban J connectivity index is 1.91. The third-order valence-electron chi connectivity index (χ3n) is 3.54. The first-order valence-corrected chi connectivity index (χ1v) is 6.11. The number of nitrogens with one attached hydrogen (secondary N) is 1. The summed E-state index contributed by atoms with van der Waals surface area (Å²) in [4.78, 5) is 0. The number of nitriles is 1. The van der Waals surface area contributed by atoms with Crippen LogP contribution in [-0.4, -0.2) is 24.8 Å². The molecule has 1 unspecified atom stereocenters. The SMILES string of the molecule is N#CC1(NC2CCCCC2)CCCOC1. The van der Waals surface area contributed by atoms with E-state index in [2.05, 4.69) is 11.4 Å².